The van der Waals surface area contributed by atoms with E-state index in [4.69, 9.17) is 10.00 Å². The van der Waals surface area contributed by atoms with E-state index in [-0.39, 0.29) is 12.2 Å². The molecule has 84 valence electrons. The van der Waals surface area contributed by atoms with Crippen LogP contribution in [0.1, 0.15) is 31.2 Å². The SMILES string of the molecule is N#Cc1cccc(O[C@H]2CCCC[C@@H]2O)c1. The molecule has 3 nitrogen and oxygen atoms in total. The van der Waals surface area contributed by atoms with Crippen LogP contribution in [0.4, 0.5) is 0 Å². The van der Waals surface area contributed by atoms with E-state index in [1.807, 2.05) is 6.07 Å². The number of hydrogen-bond donors (Lipinski definition) is 1. The van der Waals surface area contributed by atoms with Crippen LogP contribution in [-0.2, 0) is 0 Å². The molecule has 16 heavy (non-hydrogen) atoms. The van der Waals surface area contributed by atoms with Crippen molar-refractivity contribution in [3.63, 3.8) is 0 Å². The summed E-state index contributed by atoms with van der Waals surface area (Å²) in [6.45, 7) is 0. The van der Waals surface area contributed by atoms with Gasteiger partial charge in [-0.15, -0.1) is 0 Å². The number of rotatable bonds is 2. The summed E-state index contributed by atoms with van der Waals surface area (Å²) in [6, 6.07) is 9.14. The lowest BCUT2D eigenvalue weighted by Crippen LogP contribution is -2.34. The largest absolute Gasteiger partial charge is 0.488 e. The van der Waals surface area contributed by atoms with Gasteiger partial charge >= 0.3 is 0 Å². The van der Waals surface area contributed by atoms with Crippen molar-refractivity contribution < 1.29 is 9.84 Å². The molecule has 0 bridgehead atoms. The Bertz CT molecular complexity index is 397. The van der Waals surface area contributed by atoms with Gasteiger partial charge in [0, 0.05) is 0 Å². The molecule has 0 unspecified atom stereocenters. The Balaban J connectivity index is 2.05. The highest BCUT2D eigenvalue weighted by molar-refractivity contribution is 5.36. The lowest BCUT2D eigenvalue weighted by atomic mass is 9.95. The fourth-order valence-corrected chi connectivity index (χ4v) is 2.03. The molecule has 0 aliphatic heterocycles. The molecule has 3 heteroatoms. The number of nitriles is 1. The normalized spacial score (nSPS) is 24.8. The van der Waals surface area contributed by atoms with E-state index < -0.39 is 0 Å². The lowest BCUT2D eigenvalue weighted by Gasteiger charge is -2.28. The Hall–Kier alpha value is -1.53. The number of ether oxygens (including phenoxy) is 1. The van der Waals surface area contributed by atoms with Crippen molar-refractivity contribution in [2.45, 2.75) is 37.9 Å². The zero-order chi connectivity index (χ0) is 11.4. The van der Waals surface area contributed by atoms with E-state index in [1.54, 1.807) is 18.2 Å². The second-order valence-corrected chi connectivity index (χ2v) is 4.15. The molecule has 0 saturated heterocycles. The predicted molar refractivity (Wildman–Crippen MR) is 60.0 cm³/mol. The van der Waals surface area contributed by atoms with Crippen LogP contribution < -0.4 is 4.74 Å². The van der Waals surface area contributed by atoms with Crippen molar-refractivity contribution in [3.05, 3.63) is 29.8 Å². The van der Waals surface area contributed by atoms with Crippen molar-refractivity contribution in [2.75, 3.05) is 0 Å². The van der Waals surface area contributed by atoms with Crippen molar-refractivity contribution in [1.82, 2.24) is 0 Å². The first kappa shape index (κ1) is 11.0. The number of aliphatic hydroxyl groups is 1. The summed E-state index contributed by atoms with van der Waals surface area (Å²) in [5.74, 6) is 0.671. The molecule has 0 aromatic heterocycles. The second kappa shape index (κ2) is 5.00. The molecule has 1 aliphatic carbocycles. The van der Waals surface area contributed by atoms with Gasteiger partial charge in [0.05, 0.1) is 17.7 Å². The van der Waals surface area contributed by atoms with Gasteiger partial charge in [0.15, 0.2) is 0 Å². The number of hydrogen-bond acceptors (Lipinski definition) is 3. The fourth-order valence-electron chi connectivity index (χ4n) is 2.03. The predicted octanol–water partition coefficient (Wildman–Crippen LogP) is 2.24. The molecule has 0 radical (unpaired) electrons. The molecular weight excluding hydrogens is 202 g/mol. The average molecular weight is 217 g/mol. The second-order valence-electron chi connectivity index (χ2n) is 4.15. The smallest absolute Gasteiger partial charge is 0.124 e. The van der Waals surface area contributed by atoms with E-state index in [0.29, 0.717) is 11.3 Å². The number of nitrogens with zero attached hydrogens (tertiary/aromatic N) is 1. The highest BCUT2D eigenvalue weighted by Gasteiger charge is 2.24. The standard InChI is InChI=1S/C13H15NO2/c14-9-10-4-3-5-11(8-10)16-13-7-2-1-6-12(13)15/h3-5,8,12-13,15H,1-2,6-7H2/t12-,13-/m0/s1. The Morgan fingerprint density at radius 2 is 2.12 bits per heavy atom. The minimum absolute atomic E-state index is 0.123. The first-order valence-electron chi connectivity index (χ1n) is 5.64. The topological polar surface area (TPSA) is 53.2 Å². The van der Waals surface area contributed by atoms with Crippen molar-refractivity contribution in [2.24, 2.45) is 0 Å². The van der Waals surface area contributed by atoms with Gasteiger partial charge in [-0.3, -0.25) is 0 Å². The first-order valence-corrected chi connectivity index (χ1v) is 5.64. The van der Waals surface area contributed by atoms with Crippen LogP contribution in [0, 0.1) is 11.3 Å². The van der Waals surface area contributed by atoms with E-state index in [1.165, 1.54) is 0 Å². The third-order valence-corrected chi connectivity index (χ3v) is 2.92. The quantitative estimate of drug-likeness (QED) is 0.826. The molecule has 1 aromatic rings. The maximum Gasteiger partial charge on any atom is 0.124 e. The van der Waals surface area contributed by atoms with E-state index in [2.05, 4.69) is 6.07 Å². The molecule has 0 heterocycles. The Morgan fingerprint density at radius 3 is 2.88 bits per heavy atom. The monoisotopic (exact) mass is 217 g/mol. The zero-order valence-corrected chi connectivity index (χ0v) is 9.10. The average Bonchev–Trinajstić information content (AvgIpc) is 2.32. The van der Waals surface area contributed by atoms with Gasteiger partial charge in [0.25, 0.3) is 0 Å². The summed E-state index contributed by atoms with van der Waals surface area (Å²) < 4.78 is 5.71. The van der Waals surface area contributed by atoms with Crippen LogP contribution in [-0.4, -0.2) is 17.3 Å². The Labute approximate surface area is 95.3 Å². The third kappa shape index (κ3) is 2.53. The lowest BCUT2D eigenvalue weighted by molar-refractivity contribution is 0.00686. The van der Waals surface area contributed by atoms with Crippen LogP contribution in [0.15, 0.2) is 24.3 Å². The van der Waals surface area contributed by atoms with Gasteiger partial charge in [-0.2, -0.15) is 5.26 Å². The van der Waals surface area contributed by atoms with Crippen molar-refractivity contribution >= 4 is 0 Å². The summed E-state index contributed by atoms with van der Waals surface area (Å²) in [5.41, 5.74) is 0.586. The summed E-state index contributed by atoms with van der Waals surface area (Å²) in [6.07, 6.45) is 3.36. The Morgan fingerprint density at radius 1 is 1.31 bits per heavy atom. The zero-order valence-electron chi connectivity index (χ0n) is 9.10. The highest BCUT2D eigenvalue weighted by Crippen LogP contribution is 2.24. The molecule has 2 atom stereocenters. The summed E-state index contributed by atoms with van der Waals surface area (Å²) in [5, 5.41) is 18.5. The van der Waals surface area contributed by atoms with Crippen LogP contribution in [0.5, 0.6) is 5.75 Å². The molecule has 1 saturated carbocycles. The van der Waals surface area contributed by atoms with Crippen LogP contribution >= 0.6 is 0 Å². The molecule has 0 amide bonds. The van der Waals surface area contributed by atoms with Crippen LogP contribution in [0.3, 0.4) is 0 Å². The number of aliphatic hydroxyl groups excluding tert-OH is 1. The summed E-state index contributed by atoms with van der Waals surface area (Å²) >= 11 is 0. The van der Waals surface area contributed by atoms with Crippen LogP contribution in [0.2, 0.25) is 0 Å². The molecule has 2 rings (SSSR count). The Kier molecular flexibility index (Phi) is 3.43. The number of benzene rings is 1. The maximum absolute atomic E-state index is 9.77. The van der Waals surface area contributed by atoms with Gasteiger partial charge < -0.3 is 9.84 Å². The van der Waals surface area contributed by atoms with Gasteiger partial charge in [-0.25, -0.2) is 0 Å². The fraction of sp³-hybridized carbons (Fsp3) is 0.462. The van der Waals surface area contributed by atoms with E-state index in [0.717, 1.165) is 25.7 Å². The minimum Gasteiger partial charge on any atom is -0.488 e. The van der Waals surface area contributed by atoms with Gasteiger partial charge in [0.2, 0.25) is 0 Å². The van der Waals surface area contributed by atoms with E-state index in [9.17, 15) is 5.11 Å². The van der Waals surface area contributed by atoms with Gasteiger partial charge in [-0.1, -0.05) is 12.5 Å². The molecular formula is C13H15NO2. The molecule has 1 fully saturated rings. The van der Waals surface area contributed by atoms with Gasteiger partial charge in [-0.05, 0) is 37.5 Å². The molecule has 0 spiro atoms. The summed E-state index contributed by atoms with van der Waals surface area (Å²) in [4.78, 5) is 0. The van der Waals surface area contributed by atoms with Crippen LogP contribution in [0.25, 0.3) is 0 Å². The molecule has 1 aliphatic rings. The summed E-state index contributed by atoms with van der Waals surface area (Å²) in [7, 11) is 0. The van der Waals surface area contributed by atoms with Crippen molar-refractivity contribution in [1.29, 1.82) is 5.26 Å². The molecule has 1 aromatic carbocycles. The third-order valence-electron chi connectivity index (χ3n) is 2.92. The highest BCUT2D eigenvalue weighted by atomic mass is 16.5. The first-order chi connectivity index (χ1) is 7.79. The minimum atomic E-state index is -0.375. The van der Waals surface area contributed by atoms with Gasteiger partial charge in [0.1, 0.15) is 11.9 Å². The van der Waals surface area contributed by atoms with Crippen molar-refractivity contribution in [3.8, 4) is 11.8 Å². The van der Waals surface area contributed by atoms with E-state index >= 15 is 0 Å². The molecule has 1 N–H and O–H groups in total. The maximum atomic E-state index is 9.77.